The Balaban J connectivity index is 0.000000331. The minimum atomic E-state index is -0.162. The van der Waals surface area contributed by atoms with Crippen LogP contribution in [0.25, 0.3) is 0 Å². The average Bonchev–Trinajstić information content (AvgIpc) is 3.08. The van der Waals surface area contributed by atoms with Gasteiger partial charge in [-0.1, -0.05) is 93.0 Å². The van der Waals surface area contributed by atoms with Gasteiger partial charge >= 0.3 is 0 Å². The number of rotatable bonds is 5. The molecule has 0 aliphatic carbocycles. The zero-order chi connectivity index (χ0) is 40.4. The summed E-state index contributed by atoms with van der Waals surface area (Å²) < 4.78 is 12.8. The summed E-state index contributed by atoms with van der Waals surface area (Å²) in [6.07, 6.45) is 12.5. The number of nitrogens with one attached hydrogen (secondary N) is 1. The van der Waals surface area contributed by atoms with Gasteiger partial charge in [-0.05, 0) is 104 Å². The smallest absolute Gasteiger partial charge is 0.185 e. The fourth-order valence-electron chi connectivity index (χ4n) is 4.56. The van der Waals surface area contributed by atoms with Gasteiger partial charge < -0.3 is 4.98 Å². The number of H-pyrrole nitrogens is 1. The third-order valence-electron chi connectivity index (χ3n) is 8.43. The zero-order valence-corrected chi connectivity index (χ0v) is 35.5. The van der Waals surface area contributed by atoms with Crippen LogP contribution in [0, 0.1) is 40.4 Å². The summed E-state index contributed by atoms with van der Waals surface area (Å²) in [5, 5.41) is 0.760. The van der Waals surface area contributed by atoms with E-state index in [1.54, 1.807) is 18.5 Å². The predicted octanol–water partition coefficient (Wildman–Crippen LogP) is 12.7. The van der Waals surface area contributed by atoms with Gasteiger partial charge in [-0.3, -0.25) is 24.7 Å². The molecule has 0 atom stereocenters. The van der Waals surface area contributed by atoms with Crippen molar-refractivity contribution in [3.63, 3.8) is 0 Å². The number of aryl methyl sites for hydroxylation is 5. The van der Waals surface area contributed by atoms with Crippen molar-refractivity contribution in [1.29, 1.82) is 0 Å². The van der Waals surface area contributed by atoms with Crippen LogP contribution in [0.2, 0.25) is 5.02 Å². The first-order valence-electron chi connectivity index (χ1n) is 18.5. The number of hydrogen-bond donors (Lipinski definition) is 1. The molecule has 53 heavy (non-hydrogen) atoms. The molecule has 0 aliphatic heterocycles. The first-order chi connectivity index (χ1) is 24.7. The van der Waals surface area contributed by atoms with Gasteiger partial charge in [0.15, 0.2) is 5.43 Å². The van der Waals surface area contributed by atoms with Gasteiger partial charge in [-0.25, -0.2) is 4.39 Å². The predicted molar refractivity (Wildman–Crippen MR) is 223 cm³/mol. The highest BCUT2D eigenvalue weighted by Crippen LogP contribution is 2.20. The molecular formula is C45H63ClFN5O. The first-order valence-corrected chi connectivity index (χ1v) is 18.9. The zero-order valence-electron chi connectivity index (χ0n) is 34.8. The van der Waals surface area contributed by atoms with E-state index in [-0.39, 0.29) is 17.2 Å². The maximum atomic E-state index is 12.8. The van der Waals surface area contributed by atoms with Gasteiger partial charge in [0.2, 0.25) is 0 Å². The second-order valence-electron chi connectivity index (χ2n) is 14.9. The highest BCUT2D eigenvalue weighted by atomic mass is 35.5. The molecule has 5 rings (SSSR count). The lowest BCUT2D eigenvalue weighted by Crippen LogP contribution is -2.10. The van der Waals surface area contributed by atoms with E-state index in [9.17, 15) is 9.18 Å². The maximum absolute atomic E-state index is 12.8. The first kappa shape index (κ1) is 46.8. The molecule has 0 unspecified atom stereocenters. The van der Waals surface area contributed by atoms with E-state index in [1.165, 1.54) is 40.1 Å². The van der Waals surface area contributed by atoms with Crippen LogP contribution in [0.3, 0.4) is 0 Å². The standard InChI is InChI=1S/C10H15N.C9H12ClN.C9H13NO.C9H13N.C8H10FN/c1-7(2)10-5-8(3)9(4)11-6-10;1-6(2)8-4-9(10)7(3)11-5-8;1-6(2)8-5-10-7(3)4-9(8)11;1-7(2)9-4-8(3)5-10-6-9;1-6(2)7-5-10-4-3-8(7)9/h5-7H,1-4H3;4-6H,1-3H3;4-6H,1-3H3,(H,10,11);4-7H,1-3H3;3-6H,1-2H3. The van der Waals surface area contributed by atoms with Gasteiger partial charge in [0, 0.05) is 72.0 Å². The highest BCUT2D eigenvalue weighted by molar-refractivity contribution is 6.31. The molecule has 0 saturated carbocycles. The summed E-state index contributed by atoms with van der Waals surface area (Å²) in [5.74, 6) is 2.04. The monoisotopic (exact) mass is 743 g/mol. The molecule has 288 valence electrons. The fourth-order valence-corrected chi connectivity index (χ4v) is 4.74. The Labute approximate surface area is 324 Å². The Morgan fingerprint density at radius 1 is 0.604 bits per heavy atom. The van der Waals surface area contributed by atoms with Crippen molar-refractivity contribution < 1.29 is 4.39 Å². The number of aromatic amines is 1. The Morgan fingerprint density at radius 2 is 1.13 bits per heavy atom. The lowest BCUT2D eigenvalue weighted by atomic mass is 10.0. The van der Waals surface area contributed by atoms with E-state index >= 15 is 0 Å². The molecule has 1 N–H and O–H groups in total. The summed E-state index contributed by atoms with van der Waals surface area (Å²) in [6.45, 7) is 30.9. The summed E-state index contributed by atoms with van der Waals surface area (Å²) >= 11 is 5.90. The number of aromatic nitrogens is 5. The van der Waals surface area contributed by atoms with Crippen LogP contribution in [0.15, 0.2) is 78.5 Å². The quantitative estimate of drug-likeness (QED) is 0.194. The third kappa shape index (κ3) is 17.4. The Kier molecular flexibility index (Phi) is 20.7. The van der Waals surface area contributed by atoms with Crippen molar-refractivity contribution in [3.8, 4) is 0 Å². The Morgan fingerprint density at radius 3 is 1.55 bits per heavy atom. The summed E-state index contributed by atoms with van der Waals surface area (Å²) in [5.41, 5.74) is 11.0. The van der Waals surface area contributed by atoms with Crippen LogP contribution in [-0.4, -0.2) is 24.9 Å². The second kappa shape index (κ2) is 23.4. The molecular weight excluding hydrogens is 681 g/mol. The molecule has 0 aliphatic rings. The molecule has 0 aromatic carbocycles. The SMILES string of the molecule is CC(C)c1cnccc1F.Cc1cc(=O)c(C(C)C)c[nH]1.Cc1cc(C(C)C)cnc1C.Cc1cncc(C(C)C)c1.Cc1ncc(C(C)C)cc1Cl. The highest BCUT2D eigenvalue weighted by Gasteiger charge is 2.05. The lowest BCUT2D eigenvalue weighted by molar-refractivity contribution is 0.595. The molecule has 0 amide bonds. The summed E-state index contributed by atoms with van der Waals surface area (Å²) in [7, 11) is 0. The van der Waals surface area contributed by atoms with Crippen molar-refractivity contribution in [2.45, 2.75) is 133 Å². The van der Waals surface area contributed by atoms with E-state index in [0.717, 1.165) is 27.7 Å². The minimum Gasteiger partial charge on any atom is -0.365 e. The van der Waals surface area contributed by atoms with Crippen LogP contribution < -0.4 is 5.43 Å². The maximum Gasteiger partial charge on any atom is 0.185 e. The van der Waals surface area contributed by atoms with Crippen molar-refractivity contribution in [1.82, 2.24) is 24.9 Å². The van der Waals surface area contributed by atoms with E-state index in [0.29, 0.717) is 29.2 Å². The van der Waals surface area contributed by atoms with Crippen molar-refractivity contribution >= 4 is 11.6 Å². The molecule has 5 aromatic rings. The minimum absolute atomic E-state index is 0.135. The average molecular weight is 744 g/mol. The molecule has 0 bridgehead atoms. The second-order valence-corrected chi connectivity index (χ2v) is 15.3. The van der Waals surface area contributed by atoms with Gasteiger partial charge in [0.25, 0.3) is 0 Å². The summed E-state index contributed by atoms with van der Waals surface area (Å²) in [4.78, 5) is 30.7. The Bertz CT molecular complexity index is 1830. The van der Waals surface area contributed by atoms with Crippen LogP contribution in [-0.2, 0) is 0 Å². The molecule has 0 saturated heterocycles. The number of hydrogen-bond acceptors (Lipinski definition) is 5. The van der Waals surface area contributed by atoms with Crippen LogP contribution in [0.1, 0.15) is 155 Å². The lowest BCUT2D eigenvalue weighted by Gasteiger charge is -2.06. The molecule has 0 spiro atoms. The fraction of sp³-hybridized carbons (Fsp3) is 0.444. The summed E-state index contributed by atoms with van der Waals surface area (Å²) in [6, 6.07) is 9.39. The van der Waals surface area contributed by atoms with Gasteiger partial charge in [-0.15, -0.1) is 0 Å². The number of pyridine rings is 5. The molecule has 0 fully saturated rings. The molecule has 6 nitrogen and oxygen atoms in total. The van der Waals surface area contributed by atoms with Gasteiger partial charge in [0.1, 0.15) is 5.82 Å². The third-order valence-corrected chi connectivity index (χ3v) is 8.81. The molecule has 8 heteroatoms. The molecule has 0 radical (unpaired) electrons. The van der Waals surface area contributed by atoms with Crippen LogP contribution in [0.4, 0.5) is 4.39 Å². The van der Waals surface area contributed by atoms with E-state index < -0.39 is 0 Å². The van der Waals surface area contributed by atoms with Gasteiger partial charge in [-0.2, -0.15) is 0 Å². The van der Waals surface area contributed by atoms with Gasteiger partial charge in [0.05, 0.1) is 10.7 Å². The van der Waals surface area contributed by atoms with Crippen molar-refractivity contribution in [2.24, 2.45) is 0 Å². The molecule has 5 heterocycles. The van der Waals surface area contributed by atoms with Crippen molar-refractivity contribution in [2.75, 3.05) is 0 Å². The van der Waals surface area contributed by atoms with E-state index in [4.69, 9.17) is 11.6 Å². The van der Waals surface area contributed by atoms with E-state index in [1.807, 2.05) is 79.3 Å². The topological polar surface area (TPSA) is 84.4 Å². The number of halogens is 2. The van der Waals surface area contributed by atoms with E-state index in [2.05, 4.69) is 92.4 Å². The Hall–Kier alpha value is -4.23. The normalized spacial score (nSPS) is 10.5. The molecule has 5 aromatic heterocycles. The van der Waals surface area contributed by atoms with Crippen LogP contribution in [0.5, 0.6) is 0 Å². The van der Waals surface area contributed by atoms with Crippen LogP contribution >= 0.6 is 11.6 Å². The largest absolute Gasteiger partial charge is 0.365 e. The van der Waals surface area contributed by atoms with Crippen molar-refractivity contribution in [3.05, 3.63) is 151 Å². The number of nitrogens with zero attached hydrogens (tertiary/aromatic N) is 4.